The van der Waals surface area contributed by atoms with Gasteiger partial charge in [0.05, 0.1) is 0 Å². The van der Waals surface area contributed by atoms with Crippen molar-refractivity contribution >= 4 is 0 Å². The summed E-state index contributed by atoms with van der Waals surface area (Å²) in [5.74, 6) is 1.56. The van der Waals surface area contributed by atoms with Gasteiger partial charge in [0.25, 0.3) is 0 Å². The van der Waals surface area contributed by atoms with Crippen molar-refractivity contribution in [1.82, 2.24) is 5.32 Å². The highest BCUT2D eigenvalue weighted by atomic mass is 14.8. The molecule has 1 heteroatoms. The van der Waals surface area contributed by atoms with Gasteiger partial charge in [0.2, 0.25) is 0 Å². The number of rotatable bonds is 6. The van der Waals surface area contributed by atoms with Gasteiger partial charge in [-0.25, -0.2) is 0 Å². The summed E-state index contributed by atoms with van der Waals surface area (Å²) in [4.78, 5) is 0. The van der Waals surface area contributed by atoms with Crippen molar-refractivity contribution in [2.45, 2.75) is 33.6 Å². The normalized spacial score (nSPS) is 16.7. The van der Waals surface area contributed by atoms with Gasteiger partial charge < -0.3 is 5.32 Å². The van der Waals surface area contributed by atoms with E-state index in [-0.39, 0.29) is 0 Å². The summed E-state index contributed by atoms with van der Waals surface area (Å²) >= 11 is 0. The predicted molar refractivity (Wildman–Crippen MR) is 56.3 cm³/mol. The van der Waals surface area contributed by atoms with Gasteiger partial charge in [-0.2, -0.15) is 0 Å². The van der Waals surface area contributed by atoms with Crippen molar-refractivity contribution in [1.29, 1.82) is 0 Å². The van der Waals surface area contributed by atoms with Crippen LogP contribution >= 0.6 is 0 Å². The Hall–Kier alpha value is -0.300. The van der Waals surface area contributed by atoms with Crippen LogP contribution in [0.4, 0.5) is 0 Å². The van der Waals surface area contributed by atoms with E-state index >= 15 is 0 Å². The van der Waals surface area contributed by atoms with E-state index in [2.05, 4.69) is 38.2 Å². The smallest absolute Gasteiger partial charge is 0.00259 e. The Morgan fingerprint density at radius 3 is 2.50 bits per heavy atom. The molecule has 0 spiro atoms. The van der Waals surface area contributed by atoms with Gasteiger partial charge in [-0.3, -0.25) is 0 Å². The fraction of sp³-hybridized carbons (Fsp3) is 0.818. The first-order chi connectivity index (χ1) is 5.74. The van der Waals surface area contributed by atoms with Crippen molar-refractivity contribution in [2.24, 2.45) is 11.8 Å². The molecule has 0 bridgehead atoms. The lowest BCUT2D eigenvalue weighted by Gasteiger charge is -2.15. The van der Waals surface area contributed by atoms with Gasteiger partial charge in [-0.15, -0.1) is 0 Å². The van der Waals surface area contributed by atoms with E-state index in [1.165, 1.54) is 12.8 Å². The number of hydrogen-bond acceptors (Lipinski definition) is 1. The Morgan fingerprint density at radius 1 is 1.42 bits per heavy atom. The van der Waals surface area contributed by atoms with Crippen molar-refractivity contribution in [3.8, 4) is 0 Å². The minimum absolute atomic E-state index is 0.776. The first-order valence-electron chi connectivity index (χ1n) is 5.02. The first kappa shape index (κ1) is 11.7. The molecule has 0 aliphatic carbocycles. The number of nitrogens with one attached hydrogen (secondary N) is 1. The van der Waals surface area contributed by atoms with Gasteiger partial charge in [-0.05, 0) is 45.2 Å². The van der Waals surface area contributed by atoms with Gasteiger partial charge in [0.15, 0.2) is 0 Å². The Balaban J connectivity index is 3.68. The maximum atomic E-state index is 3.21. The molecule has 0 aliphatic rings. The fourth-order valence-corrected chi connectivity index (χ4v) is 1.60. The van der Waals surface area contributed by atoms with Crippen molar-refractivity contribution < 1.29 is 0 Å². The van der Waals surface area contributed by atoms with Gasteiger partial charge >= 0.3 is 0 Å². The van der Waals surface area contributed by atoms with E-state index in [0.717, 1.165) is 18.4 Å². The lowest BCUT2D eigenvalue weighted by molar-refractivity contribution is 0.424. The number of hydrogen-bond donors (Lipinski definition) is 1. The average Bonchev–Trinajstić information content (AvgIpc) is 2.04. The molecule has 2 unspecified atom stereocenters. The Morgan fingerprint density at radius 2 is 2.08 bits per heavy atom. The molecule has 0 amide bonds. The van der Waals surface area contributed by atoms with Gasteiger partial charge in [0, 0.05) is 0 Å². The molecule has 12 heavy (non-hydrogen) atoms. The van der Waals surface area contributed by atoms with Crippen LogP contribution < -0.4 is 5.32 Å². The van der Waals surface area contributed by atoms with E-state index in [1.807, 2.05) is 7.05 Å². The van der Waals surface area contributed by atoms with Crippen LogP contribution in [-0.4, -0.2) is 13.6 Å². The maximum absolute atomic E-state index is 3.21. The fourth-order valence-electron chi connectivity index (χ4n) is 1.60. The third-order valence-corrected chi connectivity index (χ3v) is 2.25. The third kappa shape index (κ3) is 5.36. The van der Waals surface area contributed by atoms with Crippen LogP contribution in [-0.2, 0) is 0 Å². The summed E-state index contributed by atoms with van der Waals surface area (Å²) in [5.41, 5.74) is 0. The molecule has 2 atom stereocenters. The third-order valence-electron chi connectivity index (χ3n) is 2.25. The Bertz CT molecular complexity index is 118. The zero-order chi connectivity index (χ0) is 9.40. The summed E-state index contributed by atoms with van der Waals surface area (Å²) in [7, 11) is 2.02. The zero-order valence-corrected chi connectivity index (χ0v) is 8.93. The second-order valence-electron chi connectivity index (χ2n) is 3.59. The summed E-state index contributed by atoms with van der Waals surface area (Å²) in [6.07, 6.45) is 7.06. The quantitative estimate of drug-likeness (QED) is 0.603. The molecule has 0 saturated heterocycles. The highest BCUT2D eigenvalue weighted by molar-refractivity contribution is 4.85. The van der Waals surface area contributed by atoms with Gasteiger partial charge in [-0.1, -0.05) is 26.0 Å². The summed E-state index contributed by atoms with van der Waals surface area (Å²) < 4.78 is 0. The van der Waals surface area contributed by atoms with E-state index < -0.39 is 0 Å². The molecule has 72 valence electrons. The molecule has 1 nitrogen and oxygen atoms in total. The van der Waals surface area contributed by atoms with E-state index in [9.17, 15) is 0 Å². The van der Waals surface area contributed by atoms with Crippen LogP contribution in [0.25, 0.3) is 0 Å². The van der Waals surface area contributed by atoms with Crippen LogP contribution in [0.3, 0.4) is 0 Å². The zero-order valence-electron chi connectivity index (χ0n) is 8.93. The van der Waals surface area contributed by atoms with Crippen molar-refractivity contribution in [3.63, 3.8) is 0 Å². The minimum Gasteiger partial charge on any atom is -0.319 e. The van der Waals surface area contributed by atoms with Crippen LogP contribution in [0.15, 0.2) is 12.2 Å². The average molecular weight is 169 g/mol. The van der Waals surface area contributed by atoms with Crippen molar-refractivity contribution in [3.05, 3.63) is 12.2 Å². The largest absolute Gasteiger partial charge is 0.319 e. The molecule has 1 N–H and O–H groups in total. The Kier molecular flexibility index (Phi) is 7.17. The highest BCUT2D eigenvalue weighted by Gasteiger charge is 2.07. The predicted octanol–water partition coefficient (Wildman–Crippen LogP) is 2.83. The van der Waals surface area contributed by atoms with Crippen molar-refractivity contribution in [2.75, 3.05) is 13.6 Å². The second-order valence-corrected chi connectivity index (χ2v) is 3.59. The minimum atomic E-state index is 0.776. The van der Waals surface area contributed by atoms with Crippen LogP contribution in [0.5, 0.6) is 0 Å². The molecule has 0 aliphatic heterocycles. The lowest BCUT2D eigenvalue weighted by atomic mass is 9.93. The van der Waals surface area contributed by atoms with E-state index in [1.54, 1.807) is 0 Å². The molecular formula is C11H23N. The molecule has 0 aromatic rings. The maximum Gasteiger partial charge on any atom is -0.00259 e. The lowest BCUT2D eigenvalue weighted by Crippen LogP contribution is -2.18. The molecule has 0 aromatic heterocycles. The monoisotopic (exact) mass is 169 g/mol. The summed E-state index contributed by atoms with van der Waals surface area (Å²) in [5, 5.41) is 3.21. The Labute approximate surface area is 77.2 Å². The van der Waals surface area contributed by atoms with Crippen LogP contribution in [0.2, 0.25) is 0 Å². The summed E-state index contributed by atoms with van der Waals surface area (Å²) in [6.45, 7) is 7.80. The van der Waals surface area contributed by atoms with Crippen LogP contribution in [0.1, 0.15) is 33.6 Å². The molecule has 0 saturated carbocycles. The number of allylic oxidation sites excluding steroid dienone is 2. The first-order valence-corrected chi connectivity index (χ1v) is 5.02. The second kappa shape index (κ2) is 7.35. The standard InChI is InChI=1S/C11H23N/c1-5-7-11(6-2)8-10(3)9-12-4/h5,7,10-12H,6,8-9H2,1-4H3/b7-5+. The molecule has 0 radical (unpaired) electrons. The molecule has 0 heterocycles. The topological polar surface area (TPSA) is 12.0 Å². The van der Waals surface area contributed by atoms with E-state index in [4.69, 9.17) is 0 Å². The molecule has 0 fully saturated rings. The molecule has 0 rings (SSSR count). The van der Waals surface area contributed by atoms with E-state index in [0.29, 0.717) is 0 Å². The van der Waals surface area contributed by atoms with Gasteiger partial charge in [0.1, 0.15) is 0 Å². The SMILES string of the molecule is C/C=C/C(CC)CC(C)CNC. The summed E-state index contributed by atoms with van der Waals surface area (Å²) in [6, 6.07) is 0. The van der Waals surface area contributed by atoms with Crippen LogP contribution in [0, 0.1) is 11.8 Å². The molecular weight excluding hydrogens is 146 g/mol. The molecule has 0 aromatic carbocycles. The highest BCUT2D eigenvalue weighted by Crippen LogP contribution is 2.16.